The van der Waals surface area contributed by atoms with Crippen molar-refractivity contribution in [1.29, 1.82) is 5.26 Å². The molecule has 0 N–H and O–H groups in total. The molecule has 0 atom stereocenters. The van der Waals surface area contributed by atoms with E-state index in [1.807, 2.05) is 61.5 Å². The van der Waals surface area contributed by atoms with Crippen molar-refractivity contribution in [3.63, 3.8) is 0 Å². The molecule has 0 aliphatic heterocycles. The molecule has 0 fully saturated rings. The second-order valence-corrected chi connectivity index (χ2v) is 9.48. The third kappa shape index (κ3) is 4.79. The van der Waals surface area contributed by atoms with Crippen LogP contribution in [0.5, 0.6) is 0 Å². The fourth-order valence-electron chi connectivity index (χ4n) is 4.49. The Bertz CT molecular complexity index is 1760. The molecule has 0 saturated carbocycles. The zero-order chi connectivity index (χ0) is 28.4. The van der Waals surface area contributed by atoms with Crippen LogP contribution in [-0.4, -0.2) is 37.9 Å². The monoisotopic (exact) mass is 549 g/mol. The minimum Gasteiger partial charge on any atom is -0.461 e. The molecule has 2 heterocycles. The lowest BCUT2D eigenvalue weighted by atomic mass is 10.00. The highest BCUT2D eigenvalue weighted by atomic mass is 35.5. The number of hydrogen-bond acceptors (Lipinski definition) is 6. The molecule has 0 amide bonds. The van der Waals surface area contributed by atoms with Crippen LogP contribution in [0.15, 0.2) is 78.9 Å². The number of carbonyl (C=O) groups excluding carboxylic acids is 2. The maximum atomic E-state index is 14.2. The minimum atomic E-state index is -0.737. The molecule has 0 spiro atoms. The smallest absolute Gasteiger partial charge is 0.359 e. The van der Waals surface area contributed by atoms with Gasteiger partial charge in [-0.2, -0.15) is 15.5 Å². The summed E-state index contributed by atoms with van der Waals surface area (Å²) in [5.41, 5.74) is 3.73. The van der Waals surface area contributed by atoms with Gasteiger partial charge in [0.05, 0.1) is 34.9 Å². The molecule has 0 bridgehead atoms. The summed E-state index contributed by atoms with van der Waals surface area (Å²) in [6.45, 7) is 5.44. The number of hydrogen-bond donors (Lipinski definition) is 0. The highest BCUT2D eigenvalue weighted by Crippen LogP contribution is 2.32. The van der Waals surface area contributed by atoms with Crippen molar-refractivity contribution in [2.75, 3.05) is 6.61 Å². The lowest BCUT2D eigenvalue weighted by Gasteiger charge is -2.08. The normalized spacial score (nSPS) is 10.8. The largest absolute Gasteiger partial charge is 0.461 e. The van der Waals surface area contributed by atoms with Crippen LogP contribution in [0.2, 0.25) is 5.02 Å². The zero-order valence-electron chi connectivity index (χ0n) is 22.1. The number of rotatable bonds is 7. The van der Waals surface area contributed by atoms with E-state index in [1.54, 1.807) is 42.8 Å². The highest BCUT2D eigenvalue weighted by molar-refractivity contribution is 6.30. The van der Waals surface area contributed by atoms with E-state index >= 15 is 0 Å². The maximum Gasteiger partial charge on any atom is 0.359 e. The molecule has 0 aliphatic rings. The van der Waals surface area contributed by atoms with Crippen molar-refractivity contribution < 1.29 is 14.3 Å². The quantitative estimate of drug-likeness (QED) is 0.175. The average molecular weight is 550 g/mol. The van der Waals surface area contributed by atoms with Crippen LogP contribution in [0.4, 0.5) is 0 Å². The van der Waals surface area contributed by atoms with Gasteiger partial charge in [0.15, 0.2) is 11.4 Å². The summed E-state index contributed by atoms with van der Waals surface area (Å²) in [7, 11) is 0. The van der Waals surface area contributed by atoms with E-state index in [4.69, 9.17) is 16.3 Å². The summed E-state index contributed by atoms with van der Waals surface area (Å²) in [6, 6.07) is 25.8. The number of aryl methyl sites for hydroxylation is 1. The number of esters is 1. The summed E-state index contributed by atoms with van der Waals surface area (Å²) < 4.78 is 8.31. The van der Waals surface area contributed by atoms with E-state index in [9.17, 15) is 14.9 Å². The summed E-state index contributed by atoms with van der Waals surface area (Å²) in [5, 5.41) is 19.9. The first kappa shape index (κ1) is 26.6. The van der Waals surface area contributed by atoms with Crippen molar-refractivity contribution in [2.24, 2.45) is 0 Å². The van der Waals surface area contributed by atoms with Crippen LogP contribution in [0.25, 0.3) is 22.6 Å². The lowest BCUT2D eigenvalue weighted by molar-refractivity contribution is 0.0516. The number of ketones is 1. The van der Waals surface area contributed by atoms with Crippen LogP contribution in [-0.2, 0) is 4.74 Å². The van der Waals surface area contributed by atoms with Crippen LogP contribution in [0.1, 0.15) is 50.3 Å². The molecule has 0 aliphatic carbocycles. The van der Waals surface area contributed by atoms with Gasteiger partial charge in [-0.05, 0) is 57.2 Å². The van der Waals surface area contributed by atoms with E-state index in [2.05, 4.69) is 16.3 Å². The number of nitriles is 1. The predicted octanol–water partition coefficient (Wildman–Crippen LogP) is 6.27. The van der Waals surface area contributed by atoms with Gasteiger partial charge in [-0.1, -0.05) is 59.6 Å². The molecule has 0 unspecified atom stereocenters. The molecule has 40 heavy (non-hydrogen) atoms. The number of carbonyl (C=O) groups is 2. The van der Waals surface area contributed by atoms with Gasteiger partial charge in [-0.25, -0.2) is 14.2 Å². The summed E-state index contributed by atoms with van der Waals surface area (Å²) in [4.78, 5) is 27.2. The average Bonchev–Trinajstić information content (AvgIpc) is 3.52. The molecule has 3 aromatic carbocycles. The standard InChI is InChI=1S/C31H24ClN5O3/c1-4-40-31(39)28-26(20(3)36(35-28)23-14-10-19(2)11-15-23)30(38)27-25(18-33)29(21-8-6-5-7-9-21)37(34-27)24-16-12-22(32)13-17-24/h5-17H,4H2,1-3H3. The Hall–Kier alpha value is -5.00. The third-order valence-electron chi connectivity index (χ3n) is 6.42. The van der Waals surface area contributed by atoms with Gasteiger partial charge in [0.2, 0.25) is 5.78 Å². The van der Waals surface area contributed by atoms with Gasteiger partial charge >= 0.3 is 5.97 Å². The summed E-state index contributed by atoms with van der Waals surface area (Å²) in [5.74, 6) is -1.35. The molecule has 0 radical (unpaired) electrons. The second-order valence-electron chi connectivity index (χ2n) is 9.04. The number of halogens is 1. The number of nitrogens with zero attached hydrogens (tertiary/aromatic N) is 5. The van der Waals surface area contributed by atoms with Gasteiger partial charge < -0.3 is 4.74 Å². The lowest BCUT2D eigenvalue weighted by Crippen LogP contribution is -2.14. The van der Waals surface area contributed by atoms with Crippen molar-refractivity contribution in [2.45, 2.75) is 20.8 Å². The van der Waals surface area contributed by atoms with Crippen LogP contribution in [0, 0.1) is 25.2 Å². The van der Waals surface area contributed by atoms with E-state index in [1.165, 1.54) is 4.68 Å². The first-order valence-corrected chi connectivity index (χ1v) is 12.9. The van der Waals surface area contributed by atoms with Crippen molar-refractivity contribution in [3.8, 4) is 28.7 Å². The molecule has 0 saturated heterocycles. The first-order chi connectivity index (χ1) is 19.3. The number of aromatic nitrogens is 4. The number of ether oxygens (including phenoxy) is 1. The Morgan fingerprint density at radius 2 is 1.48 bits per heavy atom. The fourth-order valence-corrected chi connectivity index (χ4v) is 4.61. The Morgan fingerprint density at radius 1 is 0.875 bits per heavy atom. The van der Waals surface area contributed by atoms with E-state index in [0.717, 1.165) is 5.56 Å². The van der Waals surface area contributed by atoms with E-state index < -0.39 is 11.8 Å². The third-order valence-corrected chi connectivity index (χ3v) is 6.67. The van der Waals surface area contributed by atoms with E-state index in [-0.39, 0.29) is 29.1 Å². The first-order valence-electron chi connectivity index (χ1n) is 12.6. The van der Waals surface area contributed by atoms with Crippen LogP contribution < -0.4 is 0 Å². The fraction of sp³-hybridized carbons (Fsp3) is 0.129. The predicted molar refractivity (Wildman–Crippen MR) is 151 cm³/mol. The van der Waals surface area contributed by atoms with Crippen molar-refractivity contribution in [1.82, 2.24) is 19.6 Å². The Balaban J connectivity index is 1.75. The molecular formula is C31H24ClN5O3. The van der Waals surface area contributed by atoms with Gasteiger partial charge in [-0.15, -0.1) is 0 Å². The summed E-state index contributed by atoms with van der Waals surface area (Å²) >= 11 is 6.11. The molecule has 198 valence electrons. The van der Waals surface area contributed by atoms with Gasteiger partial charge in [0.1, 0.15) is 11.6 Å². The maximum absolute atomic E-state index is 14.2. The van der Waals surface area contributed by atoms with E-state index in [0.29, 0.717) is 33.3 Å². The minimum absolute atomic E-state index is 0.0240. The second kappa shape index (κ2) is 11.0. The Kier molecular flexibility index (Phi) is 7.32. The molecule has 5 aromatic rings. The van der Waals surface area contributed by atoms with Crippen LogP contribution >= 0.6 is 11.6 Å². The molecule has 9 heteroatoms. The van der Waals surface area contributed by atoms with Gasteiger partial charge in [0, 0.05) is 10.6 Å². The zero-order valence-corrected chi connectivity index (χ0v) is 22.8. The van der Waals surface area contributed by atoms with Gasteiger partial charge in [0.25, 0.3) is 0 Å². The van der Waals surface area contributed by atoms with Crippen molar-refractivity contribution in [3.05, 3.63) is 118 Å². The van der Waals surface area contributed by atoms with Crippen molar-refractivity contribution >= 4 is 23.4 Å². The Morgan fingerprint density at radius 3 is 2.10 bits per heavy atom. The summed E-state index contributed by atoms with van der Waals surface area (Å²) in [6.07, 6.45) is 0. The Labute approximate surface area is 236 Å². The topological polar surface area (TPSA) is 103 Å². The van der Waals surface area contributed by atoms with Gasteiger partial charge in [-0.3, -0.25) is 4.79 Å². The molecular weight excluding hydrogens is 526 g/mol. The van der Waals surface area contributed by atoms with Crippen LogP contribution in [0.3, 0.4) is 0 Å². The number of benzene rings is 3. The molecule has 2 aromatic heterocycles. The molecule has 8 nitrogen and oxygen atoms in total. The SMILES string of the molecule is CCOC(=O)c1nn(-c2ccc(C)cc2)c(C)c1C(=O)c1nn(-c2ccc(Cl)cc2)c(-c2ccccc2)c1C#N. The molecule has 5 rings (SSSR count). The highest BCUT2D eigenvalue weighted by Gasteiger charge is 2.33.